The highest BCUT2D eigenvalue weighted by atomic mass is 32.2. The van der Waals surface area contributed by atoms with Crippen molar-refractivity contribution in [1.82, 2.24) is 0 Å². The fourth-order valence-electron chi connectivity index (χ4n) is 1.46. The second-order valence-corrected chi connectivity index (χ2v) is 5.19. The average Bonchev–Trinajstić information content (AvgIpc) is 2.15. The van der Waals surface area contributed by atoms with Gasteiger partial charge in [0.05, 0.1) is 4.90 Å². The zero-order valence-corrected chi connectivity index (χ0v) is 10.3. The SMILES string of the molecule is CC(C)N(C(N)=O)c1ccc(S(=O)(=O)O)cc1. The van der Waals surface area contributed by atoms with Gasteiger partial charge >= 0.3 is 6.03 Å². The molecule has 2 amide bonds. The molecule has 0 aliphatic rings. The number of hydrogen-bond acceptors (Lipinski definition) is 3. The van der Waals surface area contributed by atoms with Gasteiger partial charge in [-0.1, -0.05) is 0 Å². The lowest BCUT2D eigenvalue weighted by atomic mass is 10.2. The highest BCUT2D eigenvalue weighted by Crippen LogP contribution is 2.19. The van der Waals surface area contributed by atoms with Gasteiger partial charge in [-0.15, -0.1) is 0 Å². The molecule has 1 aromatic rings. The van der Waals surface area contributed by atoms with Crippen LogP contribution in [0.4, 0.5) is 10.5 Å². The van der Waals surface area contributed by atoms with Gasteiger partial charge in [-0.2, -0.15) is 8.42 Å². The van der Waals surface area contributed by atoms with Crippen LogP contribution in [0.15, 0.2) is 29.2 Å². The Balaban J connectivity index is 3.13. The lowest BCUT2D eigenvalue weighted by molar-refractivity contribution is 0.252. The van der Waals surface area contributed by atoms with Crippen LogP contribution >= 0.6 is 0 Å². The predicted octanol–water partition coefficient (Wildman–Crippen LogP) is 1.23. The van der Waals surface area contributed by atoms with E-state index in [0.717, 1.165) is 0 Å². The number of urea groups is 1. The lowest BCUT2D eigenvalue weighted by Gasteiger charge is -2.24. The van der Waals surface area contributed by atoms with Crippen LogP contribution in [0, 0.1) is 0 Å². The molecule has 17 heavy (non-hydrogen) atoms. The van der Waals surface area contributed by atoms with Gasteiger partial charge in [-0.3, -0.25) is 9.45 Å². The zero-order chi connectivity index (χ0) is 13.2. The molecule has 0 atom stereocenters. The molecule has 0 saturated carbocycles. The summed E-state index contributed by atoms with van der Waals surface area (Å²) in [5.74, 6) is 0. The van der Waals surface area contributed by atoms with Crippen LogP contribution in [0.25, 0.3) is 0 Å². The number of carbonyl (C=O) groups excluding carboxylic acids is 1. The Morgan fingerprint density at radius 2 is 1.76 bits per heavy atom. The van der Waals surface area contributed by atoms with E-state index < -0.39 is 16.1 Å². The molecule has 3 N–H and O–H groups in total. The molecule has 0 aliphatic carbocycles. The maximum absolute atomic E-state index is 11.2. The Morgan fingerprint density at radius 1 is 1.29 bits per heavy atom. The molecule has 94 valence electrons. The maximum atomic E-state index is 11.2. The van der Waals surface area contributed by atoms with Crippen LogP contribution in [0.1, 0.15) is 13.8 Å². The minimum Gasteiger partial charge on any atom is -0.351 e. The number of nitrogens with zero attached hydrogens (tertiary/aromatic N) is 1. The Hall–Kier alpha value is -1.60. The molecular formula is C10H14N2O4S. The predicted molar refractivity (Wildman–Crippen MR) is 63.5 cm³/mol. The number of rotatable bonds is 3. The summed E-state index contributed by atoms with van der Waals surface area (Å²) in [7, 11) is -4.22. The Bertz CT molecular complexity index is 508. The molecule has 0 fully saturated rings. The van der Waals surface area contributed by atoms with Gasteiger partial charge < -0.3 is 5.73 Å². The molecule has 0 radical (unpaired) electrons. The molecule has 0 saturated heterocycles. The Labute approximate surface area is 99.8 Å². The number of carbonyl (C=O) groups is 1. The largest absolute Gasteiger partial charge is 0.351 e. The Morgan fingerprint density at radius 3 is 2.06 bits per heavy atom. The van der Waals surface area contributed by atoms with Gasteiger partial charge in [0.25, 0.3) is 10.1 Å². The normalized spacial score (nSPS) is 11.5. The van der Waals surface area contributed by atoms with E-state index in [2.05, 4.69) is 0 Å². The van der Waals surface area contributed by atoms with Gasteiger partial charge in [0, 0.05) is 11.7 Å². The van der Waals surface area contributed by atoms with Crippen LogP contribution in [0.2, 0.25) is 0 Å². The Kier molecular flexibility index (Phi) is 3.74. The molecule has 7 heteroatoms. The second-order valence-electron chi connectivity index (χ2n) is 3.77. The average molecular weight is 258 g/mol. The van der Waals surface area contributed by atoms with Crippen LogP contribution in [-0.4, -0.2) is 25.0 Å². The quantitative estimate of drug-likeness (QED) is 0.796. The number of hydrogen-bond donors (Lipinski definition) is 2. The summed E-state index contributed by atoms with van der Waals surface area (Å²) in [5, 5.41) is 0. The van der Waals surface area contributed by atoms with E-state index in [4.69, 9.17) is 10.3 Å². The van der Waals surface area contributed by atoms with E-state index in [1.54, 1.807) is 13.8 Å². The number of nitrogens with two attached hydrogens (primary N) is 1. The van der Waals surface area contributed by atoms with Crippen LogP contribution in [-0.2, 0) is 10.1 Å². The van der Waals surface area contributed by atoms with Crippen molar-refractivity contribution >= 4 is 21.8 Å². The van der Waals surface area contributed by atoms with E-state index in [0.29, 0.717) is 5.69 Å². The summed E-state index contributed by atoms with van der Waals surface area (Å²) in [6.07, 6.45) is 0. The van der Waals surface area contributed by atoms with Gasteiger partial charge in [0.2, 0.25) is 0 Å². The third-order valence-corrected chi connectivity index (χ3v) is 3.03. The van der Waals surface area contributed by atoms with Gasteiger partial charge in [0.15, 0.2) is 0 Å². The molecule has 6 nitrogen and oxygen atoms in total. The number of anilines is 1. The van der Waals surface area contributed by atoms with E-state index in [1.807, 2.05) is 0 Å². The topological polar surface area (TPSA) is 101 Å². The lowest BCUT2D eigenvalue weighted by Crippen LogP contribution is -2.40. The summed E-state index contributed by atoms with van der Waals surface area (Å²) in [6.45, 7) is 3.56. The van der Waals surface area contributed by atoms with Gasteiger partial charge in [-0.05, 0) is 38.1 Å². The number of primary amides is 1. The highest BCUT2D eigenvalue weighted by Gasteiger charge is 2.17. The van der Waals surface area contributed by atoms with Crippen LogP contribution in [0.3, 0.4) is 0 Å². The van der Waals surface area contributed by atoms with Gasteiger partial charge in [-0.25, -0.2) is 4.79 Å². The monoisotopic (exact) mass is 258 g/mol. The van der Waals surface area contributed by atoms with Crippen molar-refractivity contribution in [3.63, 3.8) is 0 Å². The van der Waals surface area contributed by atoms with E-state index >= 15 is 0 Å². The summed E-state index contributed by atoms with van der Waals surface area (Å²) in [4.78, 5) is 12.3. The van der Waals surface area contributed by atoms with Crippen molar-refractivity contribution in [2.75, 3.05) is 4.90 Å². The van der Waals surface area contributed by atoms with E-state index in [1.165, 1.54) is 29.2 Å². The van der Waals surface area contributed by atoms with Gasteiger partial charge in [0.1, 0.15) is 0 Å². The van der Waals surface area contributed by atoms with Crippen molar-refractivity contribution in [2.45, 2.75) is 24.8 Å². The first kappa shape index (κ1) is 13.5. The summed E-state index contributed by atoms with van der Waals surface area (Å²) < 4.78 is 30.5. The van der Waals surface area contributed by atoms with Crippen molar-refractivity contribution in [3.05, 3.63) is 24.3 Å². The minimum atomic E-state index is -4.22. The van der Waals surface area contributed by atoms with Crippen molar-refractivity contribution in [1.29, 1.82) is 0 Å². The smallest absolute Gasteiger partial charge is 0.319 e. The van der Waals surface area contributed by atoms with Crippen molar-refractivity contribution < 1.29 is 17.8 Å². The zero-order valence-electron chi connectivity index (χ0n) is 9.49. The molecule has 0 spiro atoms. The first-order chi connectivity index (χ1) is 7.73. The van der Waals surface area contributed by atoms with E-state index in [-0.39, 0.29) is 10.9 Å². The fraction of sp³-hybridized carbons (Fsp3) is 0.300. The van der Waals surface area contributed by atoms with Crippen LogP contribution < -0.4 is 10.6 Å². The molecule has 0 aromatic heterocycles. The molecular weight excluding hydrogens is 244 g/mol. The molecule has 0 heterocycles. The summed E-state index contributed by atoms with van der Waals surface area (Å²) >= 11 is 0. The summed E-state index contributed by atoms with van der Waals surface area (Å²) in [6, 6.07) is 4.47. The maximum Gasteiger partial charge on any atom is 0.319 e. The number of benzene rings is 1. The molecule has 0 unspecified atom stereocenters. The van der Waals surface area contributed by atoms with E-state index in [9.17, 15) is 13.2 Å². The van der Waals surface area contributed by atoms with Crippen molar-refractivity contribution in [3.8, 4) is 0 Å². The second kappa shape index (κ2) is 4.72. The first-order valence-electron chi connectivity index (χ1n) is 4.89. The minimum absolute atomic E-state index is 0.149. The highest BCUT2D eigenvalue weighted by molar-refractivity contribution is 7.85. The number of amides is 2. The summed E-state index contributed by atoms with van der Waals surface area (Å²) in [5.41, 5.74) is 5.68. The molecule has 0 bridgehead atoms. The third kappa shape index (κ3) is 3.18. The molecule has 1 aromatic carbocycles. The van der Waals surface area contributed by atoms with Crippen molar-refractivity contribution in [2.24, 2.45) is 5.73 Å². The first-order valence-corrected chi connectivity index (χ1v) is 6.33. The third-order valence-electron chi connectivity index (χ3n) is 2.17. The van der Waals surface area contributed by atoms with Crippen LogP contribution in [0.5, 0.6) is 0 Å². The molecule has 0 aliphatic heterocycles. The standard InChI is InChI=1S/C10H14N2O4S/c1-7(2)12(10(11)13)8-3-5-9(6-4-8)17(14,15)16/h3-7H,1-2H3,(H2,11,13)(H,14,15,16). The molecule has 1 rings (SSSR count). The fourth-order valence-corrected chi connectivity index (χ4v) is 1.94.